The summed E-state index contributed by atoms with van der Waals surface area (Å²) in [7, 11) is 0. The summed E-state index contributed by atoms with van der Waals surface area (Å²) in [6.45, 7) is 0. The molecule has 0 heterocycles. The van der Waals surface area contributed by atoms with Crippen LogP contribution >= 0.6 is 0 Å². The van der Waals surface area contributed by atoms with Gasteiger partial charge in [0.05, 0.1) is 11.1 Å². The SMILES string of the molecule is c1ccc(-c2ccc(N(c3ccc(-c4cccc(-c5ccc6ccccc6c5)c4)cc3)c3cccc4c3-c3ccccc3C43c4ccccc4-c4ccccc43)cc2)cc1. The first-order valence-corrected chi connectivity index (χ1v) is 20.8. The van der Waals surface area contributed by atoms with Crippen molar-refractivity contribution >= 4 is 27.8 Å². The van der Waals surface area contributed by atoms with Crippen LogP contribution in [0.5, 0.6) is 0 Å². The number of benzene rings is 10. The van der Waals surface area contributed by atoms with Gasteiger partial charge in [-0.1, -0.05) is 194 Å². The molecule has 10 aromatic rings. The lowest BCUT2D eigenvalue weighted by Gasteiger charge is -2.32. The maximum absolute atomic E-state index is 2.46. The number of nitrogens with zero attached hydrogens (tertiary/aromatic N) is 1. The Morgan fingerprint density at radius 1 is 0.267 bits per heavy atom. The van der Waals surface area contributed by atoms with Gasteiger partial charge in [0.2, 0.25) is 0 Å². The summed E-state index contributed by atoms with van der Waals surface area (Å²) in [5.41, 5.74) is 20.7. The molecule has 1 heteroatoms. The topological polar surface area (TPSA) is 3.24 Å². The largest absolute Gasteiger partial charge is 0.310 e. The molecule has 0 atom stereocenters. The lowest BCUT2D eigenvalue weighted by molar-refractivity contribution is 0.794. The summed E-state index contributed by atoms with van der Waals surface area (Å²) < 4.78 is 0. The van der Waals surface area contributed by atoms with Crippen molar-refractivity contribution in [2.75, 3.05) is 4.90 Å². The fourth-order valence-electron chi connectivity index (χ4n) is 10.2. The number of fused-ring (bicyclic) bond motifs is 11. The van der Waals surface area contributed by atoms with Crippen LogP contribution in [0.15, 0.2) is 237 Å². The van der Waals surface area contributed by atoms with E-state index in [2.05, 4.69) is 241 Å². The van der Waals surface area contributed by atoms with Gasteiger partial charge in [0.25, 0.3) is 0 Å². The van der Waals surface area contributed by atoms with Crippen LogP contribution in [0.25, 0.3) is 66.4 Å². The Hall–Kier alpha value is -7.74. The molecular formula is C59H39N. The van der Waals surface area contributed by atoms with Gasteiger partial charge >= 0.3 is 0 Å². The molecule has 0 aromatic heterocycles. The van der Waals surface area contributed by atoms with Crippen LogP contribution in [-0.2, 0) is 5.41 Å². The van der Waals surface area contributed by atoms with E-state index in [0.29, 0.717) is 0 Å². The minimum absolute atomic E-state index is 0.419. The molecule has 2 aliphatic rings. The Morgan fingerprint density at radius 2 is 0.700 bits per heavy atom. The maximum atomic E-state index is 2.46. The van der Waals surface area contributed by atoms with E-state index in [-0.39, 0.29) is 0 Å². The first kappa shape index (κ1) is 34.3. The molecule has 1 spiro atoms. The van der Waals surface area contributed by atoms with E-state index in [1.165, 1.54) is 88.7 Å². The Balaban J connectivity index is 1.02. The Morgan fingerprint density at radius 3 is 1.37 bits per heavy atom. The lowest BCUT2D eigenvalue weighted by atomic mass is 9.70. The molecule has 0 saturated carbocycles. The minimum atomic E-state index is -0.419. The van der Waals surface area contributed by atoms with Gasteiger partial charge < -0.3 is 4.90 Å². The van der Waals surface area contributed by atoms with Gasteiger partial charge in [-0.2, -0.15) is 0 Å². The van der Waals surface area contributed by atoms with Gasteiger partial charge in [0.1, 0.15) is 0 Å². The van der Waals surface area contributed by atoms with Crippen molar-refractivity contribution < 1.29 is 0 Å². The Labute approximate surface area is 351 Å². The van der Waals surface area contributed by atoms with E-state index in [1.54, 1.807) is 0 Å². The highest BCUT2D eigenvalue weighted by Crippen LogP contribution is 2.64. The van der Waals surface area contributed by atoms with E-state index < -0.39 is 5.41 Å². The van der Waals surface area contributed by atoms with Crippen LogP contribution in [0.4, 0.5) is 17.1 Å². The van der Waals surface area contributed by atoms with Crippen LogP contribution in [0.2, 0.25) is 0 Å². The smallest absolute Gasteiger partial charge is 0.0726 e. The first-order chi connectivity index (χ1) is 29.8. The zero-order valence-electron chi connectivity index (χ0n) is 33.0. The van der Waals surface area contributed by atoms with Crippen molar-refractivity contribution in [1.82, 2.24) is 0 Å². The molecule has 0 fully saturated rings. The second-order valence-corrected chi connectivity index (χ2v) is 16.0. The summed E-state index contributed by atoms with van der Waals surface area (Å²) in [6, 6.07) is 87.2. The fraction of sp³-hybridized carbons (Fsp3) is 0.0169. The van der Waals surface area contributed by atoms with Crippen LogP contribution < -0.4 is 4.90 Å². The minimum Gasteiger partial charge on any atom is -0.310 e. The van der Waals surface area contributed by atoms with E-state index in [0.717, 1.165) is 17.1 Å². The van der Waals surface area contributed by atoms with Crippen molar-refractivity contribution in [3.8, 4) is 55.6 Å². The predicted octanol–water partition coefficient (Wildman–Crippen LogP) is 15.7. The summed E-state index contributed by atoms with van der Waals surface area (Å²) >= 11 is 0. The third kappa shape index (κ3) is 5.19. The average Bonchev–Trinajstić information content (AvgIpc) is 3.80. The standard InChI is InChI=1S/C59H39N/c1-2-14-40(15-3-1)42-30-34-48(35-31-42)60(49-36-32-43(33-37-49)45-18-12-19-46(38-45)47-29-28-41-16-4-5-17-44(41)39-47)57-27-13-26-56-58(57)52-22-8-11-25-55(52)59(56)53-23-9-6-20-50(53)51-21-7-10-24-54(51)59/h1-39H. The van der Waals surface area contributed by atoms with Gasteiger partial charge in [-0.05, 0) is 126 Å². The molecule has 2 aliphatic carbocycles. The van der Waals surface area contributed by atoms with Crippen molar-refractivity contribution in [3.05, 3.63) is 259 Å². The number of anilines is 3. The third-order valence-electron chi connectivity index (χ3n) is 12.9. The van der Waals surface area contributed by atoms with Crippen molar-refractivity contribution in [3.63, 3.8) is 0 Å². The summed E-state index contributed by atoms with van der Waals surface area (Å²) in [5, 5.41) is 2.51. The van der Waals surface area contributed by atoms with Gasteiger partial charge in [-0.25, -0.2) is 0 Å². The van der Waals surface area contributed by atoms with E-state index in [9.17, 15) is 0 Å². The van der Waals surface area contributed by atoms with Crippen molar-refractivity contribution in [2.24, 2.45) is 0 Å². The summed E-state index contributed by atoms with van der Waals surface area (Å²) in [6.07, 6.45) is 0. The zero-order valence-corrected chi connectivity index (χ0v) is 33.0. The number of hydrogen-bond acceptors (Lipinski definition) is 1. The van der Waals surface area contributed by atoms with Crippen molar-refractivity contribution in [1.29, 1.82) is 0 Å². The molecule has 10 aromatic carbocycles. The second-order valence-electron chi connectivity index (χ2n) is 16.0. The fourth-order valence-corrected chi connectivity index (χ4v) is 10.2. The normalized spacial score (nSPS) is 12.8. The molecule has 0 amide bonds. The Kier molecular flexibility index (Phi) is 7.83. The van der Waals surface area contributed by atoms with E-state index in [4.69, 9.17) is 0 Å². The van der Waals surface area contributed by atoms with E-state index in [1.807, 2.05) is 0 Å². The molecule has 0 radical (unpaired) electrons. The van der Waals surface area contributed by atoms with Crippen LogP contribution in [-0.4, -0.2) is 0 Å². The van der Waals surface area contributed by atoms with Crippen LogP contribution in [0, 0.1) is 0 Å². The van der Waals surface area contributed by atoms with Crippen molar-refractivity contribution in [2.45, 2.75) is 5.41 Å². The summed E-state index contributed by atoms with van der Waals surface area (Å²) in [5.74, 6) is 0. The molecule has 0 N–H and O–H groups in total. The monoisotopic (exact) mass is 761 g/mol. The summed E-state index contributed by atoms with van der Waals surface area (Å²) in [4.78, 5) is 2.46. The molecule has 1 nitrogen and oxygen atoms in total. The maximum Gasteiger partial charge on any atom is 0.0726 e. The van der Waals surface area contributed by atoms with Gasteiger partial charge in [-0.15, -0.1) is 0 Å². The highest BCUT2D eigenvalue weighted by molar-refractivity contribution is 6.01. The van der Waals surface area contributed by atoms with Crippen LogP contribution in [0.1, 0.15) is 22.3 Å². The second kappa shape index (κ2) is 13.7. The predicted molar refractivity (Wildman–Crippen MR) is 251 cm³/mol. The highest BCUT2D eigenvalue weighted by Gasteiger charge is 2.52. The molecule has 280 valence electrons. The molecule has 12 rings (SSSR count). The number of rotatable bonds is 6. The molecule has 0 saturated heterocycles. The van der Waals surface area contributed by atoms with E-state index >= 15 is 0 Å². The van der Waals surface area contributed by atoms with Gasteiger partial charge in [0, 0.05) is 16.9 Å². The third-order valence-corrected chi connectivity index (χ3v) is 12.9. The lowest BCUT2D eigenvalue weighted by Crippen LogP contribution is -2.26. The van der Waals surface area contributed by atoms with Gasteiger partial charge in [-0.3, -0.25) is 0 Å². The molecule has 60 heavy (non-hydrogen) atoms. The molecular weight excluding hydrogens is 723 g/mol. The molecule has 0 unspecified atom stereocenters. The molecule has 0 bridgehead atoms. The quantitative estimate of drug-likeness (QED) is 0.163. The highest BCUT2D eigenvalue weighted by atomic mass is 15.1. The number of hydrogen-bond donors (Lipinski definition) is 0. The molecule has 0 aliphatic heterocycles. The van der Waals surface area contributed by atoms with Crippen LogP contribution in [0.3, 0.4) is 0 Å². The average molecular weight is 762 g/mol. The van der Waals surface area contributed by atoms with Gasteiger partial charge in [0.15, 0.2) is 0 Å². The first-order valence-electron chi connectivity index (χ1n) is 20.8. The zero-order chi connectivity index (χ0) is 39.6. The Bertz CT molecular complexity index is 3200.